The molecule has 3 amide bonds. The van der Waals surface area contributed by atoms with Crippen LogP contribution in [0.2, 0.25) is 0 Å². The monoisotopic (exact) mass is 475 g/mol. The van der Waals surface area contributed by atoms with E-state index in [0.29, 0.717) is 24.3 Å². The first-order chi connectivity index (χ1) is 16.3. The summed E-state index contributed by atoms with van der Waals surface area (Å²) in [5.74, 6) is 1.85. The van der Waals surface area contributed by atoms with Crippen LogP contribution >= 0.6 is 0 Å². The van der Waals surface area contributed by atoms with Crippen molar-refractivity contribution in [3.05, 3.63) is 0 Å². The molecule has 2 aliphatic carbocycles. The van der Waals surface area contributed by atoms with Crippen LogP contribution in [-0.2, 0) is 14.3 Å². The van der Waals surface area contributed by atoms with Crippen molar-refractivity contribution in [2.45, 2.75) is 116 Å². The zero-order valence-corrected chi connectivity index (χ0v) is 21.7. The van der Waals surface area contributed by atoms with Crippen LogP contribution in [0.5, 0.6) is 0 Å². The van der Waals surface area contributed by atoms with E-state index in [2.05, 4.69) is 4.90 Å². The van der Waals surface area contributed by atoms with Crippen LogP contribution in [0, 0.1) is 17.8 Å². The number of likely N-dealkylation sites (tertiary alicyclic amines) is 1. The highest BCUT2D eigenvalue weighted by molar-refractivity contribution is 5.79. The third kappa shape index (κ3) is 5.38. The molecule has 2 saturated carbocycles. The number of amides is 3. The van der Waals surface area contributed by atoms with Gasteiger partial charge in [0.05, 0.1) is 18.2 Å². The molecule has 3 unspecified atom stereocenters. The molecule has 4 fully saturated rings. The van der Waals surface area contributed by atoms with Crippen LogP contribution < -0.4 is 0 Å². The largest absolute Gasteiger partial charge is 0.447 e. The van der Waals surface area contributed by atoms with Crippen molar-refractivity contribution in [2.24, 2.45) is 17.8 Å². The number of hydrogen-bond donors (Lipinski definition) is 0. The number of piperidine rings is 1. The van der Waals surface area contributed by atoms with Gasteiger partial charge < -0.3 is 19.4 Å². The first kappa shape index (κ1) is 25.3. The van der Waals surface area contributed by atoms with Crippen LogP contribution in [0.15, 0.2) is 0 Å². The van der Waals surface area contributed by atoms with Crippen LogP contribution in [-0.4, -0.2) is 76.5 Å². The average molecular weight is 476 g/mol. The van der Waals surface area contributed by atoms with Crippen molar-refractivity contribution in [1.82, 2.24) is 14.7 Å². The summed E-state index contributed by atoms with van der Waals surface area (Å²) in [6.45, 7) is 9.89. The van der Waals surface area contributed by atoms with E-state index in [1.165, 1.54) is 6.42 Å². The molecular formula is C27H45N3O4. The third-order valence-corrected chi connectivity index (χ3v) is 8.91. The van der Waals surface area contributed by atoms with Gasteiger partial charge in [-0.2, -0.15) is 0 Å². The molecule has 0 aromatic heterocycles. The van der Waals surface area contributed by atoms with Gasteiger partial charge in [0.25, 0.3) is 0 Å². The zero-order valence-electron chi connectivity index (χ0n) is 21.7. The quantitative estimate of drug-likeness (QED) is 0.605. The Labute approximate surface area is 205 Å². The standard InChI is InChI=1S/C27H45N3O4/c1-18(2)34-27(33)29-17-19(3)30(20(4)31)24-13-12-23(16-25(24)29)21-8-10-22(11-9-21)26(32)28-14-6-5-7-15-28/h18-19,21-25H,5-17H2,1-4H3/t19-,21?,22?,23?,24?,25?/m0/s1. The van der Waals surface area contributed by atoms with Crippen molar-refractivity contribution >= 4 is 17.9 Å². The second-order valence-electron chi connectivity index (χ2n) is 11.6. The van der Waals surface area contributed by atoms with Gasteiger partial charge >= 0.3 is 6.09 Å². The van der Waals surface area contributed by atoms with E-state index in [-0.39, 0.29) is 42.1 Å². The third-order valence-electron chi connectivity index (χ3n) is 8.91. The summed E-state index contributed by atoms with van der Waals surface area (Å²) >= 11 is 0. The van der Waals surface area contributed by atoms with Crippen LogP contribution in [0.4, 0.5) is 4.79 Å². The van der Waals surface area contributed by atoms with Crippen molar-refractivity contribution in [3.8, 4) is 0 Å². The van der Waals surface area contributed by atoms with Crippen LogP contribution in [0.1, 0.15) is 91.9 Å². The Morgan fingerprint density at radius 1 is 0.853 bits per heavy atom. The van der Waals surface area contributed by atoms with E-state index in [4.69, 9.17) is 4.74 Å². The number of carbonyl (C=O) groups excluding carboxylic acids is 3. The maximum atomic E-state index is 13.0. The van der Waals surface area contributed by atoms with E-state index < -0.39 is 0 Å². The number of ether oxygens (including phenoxy) is 1. The van der Waals surface area contributed by atoms with Crippen LogP contribution in [0.25, 0.3) is 0 Å². The summed E-state index contributed by atoms with van der Waals surface area (Å²) in [6.07, 6.45) is 10.3. The minimum absolute atomic E-state index is 0.00579. The molecule has 2 heterocycles. The molecule has 4 atom stereocenters. The molecule has 0 bridgehead atoms. The number of carbonyl (C=O) groups is 3. The van der Waals surface area contributed by atoms with Gasteiger partial charge in [0.1, 0.15) is 0 Å². The number of piperazine rings is 1. The first-order valence-corrected chi connectivity index (χ1v) is 13.8. The van der Waals surface area contributed by atoms with Gasteiger partial charge in [-0.05, 0) is 96.8 Å². The van der Waals surface area contributed by atoms with Gasteiger partial charge in [-0.3, -0.25) is 9.59 Å². The van der Waals surface area contributed by atoms with E-state index in [1.54, 1.807) is 6.92 Å². The van der Waals surface area contributed by atoms with E-state index >= 15 is 0 Å². The molecule has 4 rings (SSSR count). The molecule has 0 radical (unpaired) electrons. The lowest BCUT2D eigenvalue weighted by Crippen LogP contribution is -2.67. The fraction of sp³-hybridized carbons (Fsp3) is 0.889. The lowest BCUT2D eigenvalue weighted by atomic mass is 9.68. The highest BCUT2D eigenvalue weighted by Gasteiger charge is 2.48. The Morgan fingerprint density at radius 2 is 1.50 bits per heavy atom. The summed E-state index contributed by atoms with van der Waals surface area (Å²) in [6, 6.07) is 0.110. The molecule has 0 aromatic rings. The second kappa shape index (κ2) is 10.9. The maximum Gasteiger partial charge on any atom is 0.410 e. The highest BCUT2D eigenvalue weighted by atomic mass is 16.6. The Balaban J connectivity index is 1.40. The minimum Gasteiger partial charge on any atom is -0.447 e. The van der Waals surface area contributed by atoms with Gasteiger partial charge in [-0.25, -0.2) is 4.79 Å². The zero-order chi connectivity index (χ0) is 24.4. The number of nitrogens with zero attached hydrogens (tertiary/aromatic N) is 3. The van der Waals surface area contributed by atoms with Crippen molar-refractivity contribution < 1.29 is 19.1 Å². The van der Waals surface area contributed by atoms with Gasteiger partial charge in [-0.15, -0.1) is 0 Å². The molecule has 2 aliphatic heterocycles. The van der Waals surface area contributed by atoms with Crippen molar-refractivity contribution in [3.63, 3.8) is 0 Å². The predicted molar refractivity (Wildman–Crippen MR) is 131 cm³/mol. The first-order valence-electron chi connectivity index (χ1n) is 13.8. The highest BCUT2D eigenvalue weighted by Crippen LogP contribution is 2.44. The number of fused-ring (bicyclic) bond motifs is 1. The van der Waals surface area contributed by atoms with Gasteiger partial charge in [0.2, 0.25) is 11.8 Å². The molecule has 0 spiro atoms. The molecule has 2 saturated heterocycles. The van der Waals surface area contributed by atoms with Gasteiger partial charge in [-0.1, -0.05) is 0 Å². The fourth-order valence-corrected chi connectivity index (χ4v) is 7.32. The average Bonchev–Trinajstić information content (AvgIpc) is 2.82. The van der Waals surface area contributed by atoms with Gasteiger partial charge in [0.15, 0.2) is 0 Å². The topological polar surface area (TPSA) is 70.2 Å². The molecule has 0 aromatic carbocycles. The lowest BCUT2D eigenvalue weighted by molar-refractivity contribution is -0.142. The molecule has 7 nitrogen and oxygen atoms in total. The Bertz CT molecular complexity index is 742. The molecule has 34 heavy (non-hydrogen) atoms. The van der Waals surface area contributed by atoms with Crippen LogP contribution in [0.3, 0.4) is 0 Å². The Hall–Kier alpha value is -1.79. The summed E-state index contributed by atoms with van der Waals surface area (Å²) in [5, 5.41) is 0. The predicted octanol–water partition coefficient (Wildman–Crippen LogP) is 4.44. The normalized spacial score (nSPS) is 34.6. The Kier molecular flexibility index (Phi) is 8.08. The summed E-state index contributed by atoms with van der Waals surface area (Å²) in [5.41, 5.74) is 0. The summed E-state index contributed by atoms with van der Waals surface area (Å²) < 4.78 is 5.60. The van der Waals surface area contributed by atoms with E-state index in [9.17, 15) is 14.4 Å². The Morgan fingerprint density at radius 3 is 2.12 bits per heavy atom. The van der Waals surface area contributed by atoms with Gasteiger partial charge in [0, 0.05) is 38.5 Å². The summed E-state index contributed by atoms with van der Waals surface area (Å²) in [4.78, 5) is 44.5. The van der Waals surface area contributed by atoms with Crippen molar-refractivity contribution in [2.75, 3.05) is 19.6 Å². The number of rotatable bonds is 3. The maximum absolute atomic E-state index is 13.0. The minimum atomic E-state index is -0.239. The molecular weight excluding hydrogens is 430 g/mol. The van der Waals surface area contributed by atoms with E-state index in [1.807, 2.05) is 30.6 Å². The molecule has 192 valence electrons. The SMILES string of the molecule is CC(=O)N1C2CCC(C3CCC(C(=O)N4CCCCC4)CC3)CC2N(C(=O)OC(C)C)C[C@@H]1C. The molecule has 0 N–H and O–H groups in total. The second-order valence-corrected chi connectivity index (χ2v) is 11.6. The number of hydrogen-bond acceptors (Lipinski definition) is 4. The smallest absolute Gasteiger partial charge is 0.410 e. The fourth-order valence-electron chi connectivity index (χ4n) is 7.32. The summed E-state index contributed by atoms with van der Waals surface area (Å²) in [7, 11) is 0. The van der Waals surface area contributed by atoms with Crippen molar-refractivity contribution in [1.29, 1.82) is 0 Å². The van der Waals surface area contributed by atoms with E-state index in [0.717, 1.165) is 70.9 Å². The molecule has 7 heteroatoms. The lowest BCUT2D eigenvalue weighted by Gasteiger charge is -2.54. The molecule has 4 aliphatic rings.